The first-order valence-corrected chi connectivity index (χ1v) is 7.43. The lowest BCUT2D eigenvalue weighted by molar-refractivity contribution is -0.125. The monoisotopic (exact) mass is 271 g/mol. The molecule has 4 nitrogen and oxygen atoms in total. The van der Waals surface area contributed by atoms with E-state index in [9.17, 15) is 4.79 Å². The molecule has 19 heavy (non-hydrogen) atoms. The summed E-state index contributed by atoms with van der Waals surface area (Å²) in [4.78, 5) is 14.1. The maximum Gasteiger partial charge on any atom is 0.237 e. The van der Waals surface area contributed by atoms with Crippen molar-refractivity contribution < 1.29 is 4.79 Å². The van der Waals surface area contributed by atoms with Crippen molar-refractivity contribution in [3.05, 3.63) is 0 Å². The Morgan fingerprint density at radius 1 is 1.26 bits per heavy atom. The second-order valence-electron chi connectivity index (χ2n) is 6.35. The van der Waals surface area contributed by atoms with Crippen LogP contribution in [0.1, 0.15) is 60.8 Å². The van der Waals surface area contributed by atoms with E-state index in [0.29, 0.717) is 12.1 Å². The molecule has 0 aromatic rings. The number of carbonyl (C=O) groups is 1. The first kappa shape index (κ1) is 18.4. The molecule has 3 unspecified atom stereocenters. The van der Waals surface area contributed by atoms with Crippen LogP contribution in [0.5, 0.6) is 0 Å². The van der Waals surface area contributed by atoms with E-state index < -0.39 is 5.54 Å². The van der Waals surface area contributed by atoms with Crippen LogP contribution < -0.4 is 11.1 Å². The molecule has 0 radical (unpaired) electrons. The summed E-state index contributed by atoms with van der Waals surface area (Å²) in [6, 6.07) is 1.07. The van der Waals surface area contributed by atoms with Gasteiger partial charge in [0.15, 0.2) is 0 Å². The Bertz CT molecular complexity index is 281. The minimum atomic E-state index is -0.645. The van der Waals surface area contributed by atoms with Gasteiger partial charge >= 0.3 is 0 Å². The number of amides is 1. The van der Waals surface area contributed by atoms with Gasteiger partial charge in [0.05, 0.1) is 5.54 Å². The minimum absolute atomic E-state index is 0.239. The maximum absolute atomic E-state index is 11.8. The lowest BCUT2D eigenvalue weighted by Crippen LogP contribution is -2.58. The maximum atomic E-state index is 11.8. The van der Waals surface area contributed by atoms with Gasteiger partial charge in [-0.25, -0.2) is 0 Å². The standard InChI is InChI=1S/C15H33N3O/c1-8-9-12(4)18(7)13(5)10-15(6,14(16)19)17-11(2)3/h11-13,17H,8-10H2,1-7H3,(H2,16,19). The van der Waals surface area contributed by atoms with Crippen LogP contribution in [-0.4, -0.2) is 41.5 Å². The van der Waals surface area contributed by atoms with Crippen molar-refractivity contribution in [2.45, 2.75) is 84.5 Å². The number of hydrogen-bond acceptors (Lipinski definition) is 3. The summed E-state index contributed by atoms with van der Waals surface area (Å²) >= 11 is 0. The molecule has 0 rings (SSSR count). The van der Waals surface area contributed by atoms with Crippen LogP contribution in [0.3, 0.4) is 0 Å². The first-order valence-electron chi connectivity index (χ1n) is 7.43. The fourth-order valence-electron chi connectivity index (χ4n) is 2.66. The Hall–Kier alpha value is -0.610. The molecule has 0 saturated carbocycles. The number of nitrogens with two attached hydrogens (primary N) is 1. The Morgan fingerprint density at radius 3 is 2.16 bits per heavy atom. The Balaban J connectivity index is 4.71. The molecule has 1 amide bonds. The van der Waals surface area contributed by atoms with Crippen molar-refractivity contribution in [3.8, 4) is 0 Å². The van der Waals surface area contributed by atoms with Crippen LogP contribution in [0.25, 0.3) is 0 Å². The molecule has 0 heterocycles. The van der Waals surface area contributed by atoms with Gasteiger partial charge in [-0.05, 0) is 54.5 Å². The predicted molar refractivity (Wildman–Crippen MR) is 82.1 cm³/mol. The second-order valence-corrected chi connectivity index (χ2v) is 6.35. The number of rotatable bonds is 9. The van der Waals surface area contributed by atoms with Crippen LogP contribution in [0, 0.1) is 0 Å². The SMILES string of the molecule is CCCC(C)N(C)C(C)CC(C)(NC(C)C)C(N)=O. The summed E-state index contributed by atoms with van der Waals surface area (Å²) in [5, 5.41) is 3.31. The largest absolute Gasteiger partial charge is 0.368 e. The van der Waals surface area contributed by atoms with Crippen molar-refractivity contribution >= 4 is 5.91 Å². The van der Waals surface area contributed by atoms with E-state index in [4.69, 9.17) is 5.73 Å². The van der Waals surface area contributed by atoms with Crippen molar-refractivity contribution in [2.75, 3.05) is 7.05 Å². The molecule has 0 aromatic carbocycles. The zero-order valence-corrected chi connectivity index (χ0v) is 13.8. The first-order chi connectivity index (χ1) is 8.64. The van der Waals surface area contributed by atoms with E-state index in [-0.39, 0.29) is 11.9 Å². The summed E-state index contributed by atoms with van der Waals surface area (Å²) in [5.41, 5.74) is 4.94. The van der Waals surface area contributed by atoms with E-state index in [0.717, 1.165) is 6.42 Å². The highest BCUT2D eigenvalue weighted by molar-refractivity contribution is 5.84. The van der Waals surface area contributed by atoms with Crippen molar-refractivity contribution in [1.29, 1.82) is 0 Å². The fraction of sp³-hybridized carbons (Fsp3) is 0.933. The Morgan fingerprint density at radius 2 is 1.79 bits per heavy atom. The zero-order valence-electron chi connectivity index (χ0n) is 13.8. The third-order valence-corrected chi connectivity index (χ3v) is 3.95. The van der Waals surface area contributed by atoms with Crippen LogP contribution in [0.4, 0.5) is 0 Å². The highest BCUT2D eigenvalue weighted by atomic mass is 16.1. The van der Waals surface area contributed by atoms with Gasteiger partial charge in [-0.3, -0.25) is 4.79 Å². The molecule has 0 spiro atoms. The van der Waals surface area contributed by atoms with Gasteiger partial charge < -0.3 is 16.0 Å². The molecule has 0 aliphatic carbocycles. The third-order valence-electron chi connectivity index (χ3n) is 3.95. The molecular weight excluding hydrogens is 238 g/mol. The van der Waals surface area contributed by atoms with Gasteiger partial charge in [0.1, 0.15) is 0 Å². The molecule has 0 aliphatic rings. The molecule has 114 valence electrons. The highest BCUT2D eigenvalue weighted by Gasteiger charge is 2.34. The quantitative estimate of drug-likeness (QED) is 0.675. The smallest absolute Gasteiger partial charge is 0.237 e. The lowest BCUT2D eigenvalue weighted by Gasteiger charge is -2.37. The molecule has 4 heteroatoms. The van der Waals surface area contributed by atoms with Gasteiger partial charge in [0, 0.05) is 18.1 Å². The van der Waals surface area contributed by atoms with Crippen molar-refractivity contribution in [2.24, 2.45) is 5.73 Å². The third kappa shape index (κ3) is 5.91. The second kappa shape index (κ2) is 7.85. The van der Waals surface area contributed by atoms with E-state index in [2.05, 4.69) is 38.0 Å². The molecule has 0 bridgehead atoms. The molecule has 0 aliphatic heterocycles. The number of nitrogens with one attached hydrogen (secondary N) is 1. The molecular formula is C15H33N3O. The average molecular weight is 271 g/mol. The summed E-state index contributed by atoms with van der Waals surface area (Å²) in [6.45, 7) is 12.6. The molecule has 0 fully saturated rings. The number of primary amides is 1. The fourth-order valence-corrected chi connectivity index (χ4v) is 2.66. The average Bonchev–Trinajstić information content (AvgIpc) is 2.26. The molecule has 3 atom stereocenters. The topological polar surface area (TPSA) is 58.4 Å². The zero-order chi connectivity index (χ0) is 15.2. The molecule has 3 N–H and O–H groups in total. The summed E-state index contributed by atoms with van der Waals surface area (Å²) < 4.78 is 0. The Labute approximate surface area is 119 Å². The predicted octanol–water partition coefficient (Wildman–Crippen LogP) is 2.13. The van der Waals surface area contributed by atoms with Gasteiger partial charge in [-0.2, -0.15) is 0 Å². The normalized spacial score (nSPS) is 18.4. The number of hydrogen-bond donors (Lipinski definition) is 2. The number of nitrogens with zero attached hydrogens (tertiary/aromatic N) is 1. The van der Waals surface area contributed by atoms with E-state index >= 15 is 0 Å². The number of carbonyl (C=O) groups excluding carboxylic acids is 1. The van der Waals surface area contributed by atoms with Crippen LogP contribution >= 0.6 is 0 Å². The van der Waals surface area contributed by atoms with Crippen LogP contribution in [-0.2, 0) is 4.79 Å². The van der Waals surface area contributed by atoms with E-state index in [1.807, 2.05) is 20.8 Å². The molecule has 0 aromatic heterocycles. The van der Waals surface area contributed by atoms with Gasteiger partial charge in [0.2, 0.25) is 5.91 Å². The Kier molecular flexibility index (Phi) is 7.60. The summed E-state index contributed by atoms with van der Waals surface area (Å²) in [5.74, 6) is -0.274. The van der Waals surface area contributed by atoms with Crippen LogP contribution in [0.15, 0.2) is 0 Å². The highest BCUT2D eigenvalue weighted by Crippen LogP contribution is 2.19. The minimum Gasteiger partial charge on any atom is -0.368 e. The van der Waals surface area contributed by atoms with Crippen molar-refractivity contribution in [3.63, 3.8) is 0 Å². The summed E-state index contributed by atoms with van der Waals surface area (Å²) in [7, 11) is 2.13. The summed E-state index contributed by atoms with van der Waals surface area (Å²) in [6.07, 6.45) is 3.08. The molecule has 0 saturated heterocycles. The van der Waals surface area contributed by atoms with Crippen molar-refractivity contribution in [1.82, 2.24) is 10.2 Å². The van der Waals surface area contributed by atoms with Gasteiger partial charge in [0.25, 0.3) is 0 Å². The van der Waals surface area contributed by atoms with E-state index in [1.54, 1.807) is 0 Å². The lowest BCUT2D eigenvalue weighted by atomic mass is 9.90. The van der Waals surface area contributed by atoms with Crippen LogP contribution in [0.2, 0.25) is 0 Å². The van der Waals surface area contributed by atoms with Gasteiger partial charge in [-0.1, -0.05) is 13.3 Å². The van der Waals surface area contributed by atoms with E-state index in [1.165, 1.54) is 12.8 Å². The van der Waals surface area contributed by atoms with Gasteiger partial charge in [-0.15, -0.1) is 0 Å².